The van der Waals surface area contributed by atoms with Crippen LogP contribution in [0.25, 0.3) is 11.0 Å². The summed E-state index contributed by atoms with van der Waals surface area (Å²) in [6, 6.07) is 0. The first kappa shape index (κ1) is 10.8. The van der Waals surface area contributed by atoms with Gasteiger partial charge in [0.1, 0.15) is 0 Å². The summed E-state index contributed by atoms with van der Waals surface area (Å²) in [5, 5.41) is 0. The lowest BCUT2D eigenvalue weighted by Crippen LogP contribution is -2.20. The number of aromatic nitrogens is 2. The molecular weight excluding hydrogens is 284 g/mol. The zero-order chi connectivity index (χ0) is 12.0. The first-order valence-electron chi connectivity index (χ1n) is 5.51. The number of halogens is 1. The zero-order valence-electron chi connectivity index (χ0n) is 9.34. The van der Waals surface area contributed by atoms with Crippen LogP contribution in [0.3, 0.4) is 0 Å². The van der Waals surface area contributed by atoms with Crippen molar-refractivity contribution < 1.29 is 4.74 Å². The fourth-order valence-corrected chi connectivity index (χ4v) is 2.48. The normalized spacial score (nSPS) is 14.5. The highest BCUT2D eigenvalue weighted by Crippen LogP contribution is 2.29. The molecule has 0 atom stereocenters. The van der Waals surface area contributed by atoms with Crippen molar-refractivity contribution in [3.63, 3.8) is 0 Å². The van der Waals surface area contributed by atoms with Gasteiger partial charge >= 0.3 is 0 Å². The maximum absolute atomic E-state index is 11.9. The van der Waals surface area contributed by atoms with Crippen LogP contribution < -0.4 is 10.3 Å². The molecule has 0 bridgehead atoms. The Bertz CT molecular complexity index is 664. The van der Waals surface area contributed by atoms with E-state index in [1.807, 2.05) is 6.92 Å². The molecule has 88 valence electrons. The van der Waals surface area contributed by atoms with Crippen LogP contribution in [0.1, 0.15) is 17.5 Å². The summed E-state index contributed by atoms with van der Waals surface area (Å²) in [5.74, 6) is 0.443. The molecule has 0 spiro atoms. The molecule has 0 aromatic carbocycles. The number of nitrogens with zero attached hydrogens (tertiary/aromatic N) is 1. The number of hydrogen-bond acceptors (Lipinski definition) is 3. The number of rotatable bonds is 0. The molecule has 1 N–H and O–H groups in total. The van der Waals surface area contributed by atoms with Crippen molar-refractivity contribution >= 4 is 27.0 Å². The van der Waals surface area contributed by atoms with E-state index in [0.717, 1.165) is 39.5 Å². The Morgan fingerprint density at radius 2 is 2.35 bits per heavy atom. The van der Waals surface area contributed by atoms with Crippen LogP contribution in [0.5, 0.6) is 5.75 Å². The summed E-state index contributed by atoms with van der Waals surface area (Å²) in [5.41, 5.74) is 3.43. The average molecular weight is 295 g/mol. The second-order valence-electron chi connectivity index (χ2n) is 4.17. The molecule has 0 fully saturated rings. The van der Waals surface area contributed by atoms with Crippen molar-refractivity contribution in [2.24, 2.45) is 0 Å². The molecule has 1 aliphatic rings. The molecule has 3 heterocycles. The number of fused-ring (bicyclic) bond motifs is 3. The lowest BCUT2D eigenvalue weighted by atomic mass is 10.0. The van der Waals surface area contributed by atoms with E-state index in [1.165, 1.54) is 0 Å². The van der Waals surface area contributed by atoms with Crippen LogP contribution in [0.15, 0.2) is 15.5 Å². The van der Waals surface area contributed by atoms with Crippen LogP contribution in [-0.4, -0.2) is 16.6 Å². The quantitative estimate of drug-likeness (QED) is 0.811. The minimum atomic E-state index is -0.157. The number of aromatic amines is 1. The molecule has 5 heteroatoms. The van der Waals surface area contributed by atoms with Gasteiger partial charge < -0.3 is 9.72 Å². The molecule has 2 aromatic heterocycles. The molecule has 0 aliphatic carbocycles. The molecular formula is C12H11BrN2O2. The van der Waals surface area contributed by atoms with Gasteiger partial charge in [-0.15, -0.1) is 0 Å². The number of H-pyrrole nitrogens is 1. The van der Waals surface area contributed by atoms with E-state index < -0.39 is 0 Å². The molecule has 1 aliphatic heterocycles. The van der Waals surface area contributed by atoms with Crippen molar-refractivity contribution in [3.05, 3.63) is 32.2 Å². The smallest absolute Gasteiger partial charge is 0.291 e. The monoisotopic (exact) mass is 294 g/mol. The van der Waals surface area contributed by atoms with E-state index in [9.17, 15) is 4.79 Å². The molecule has 3 rings (SSSR count). The number of pyridine rings is 2. The van der Waals surface area contributed by atoms with E-state index in [2.05, 4.69) is 25.9 Å². The maximum Gasteiger partial charge on any atom is 0.291 e. The Hall–Kier alpha value is -1.36. The van der Waals surface area contributed by atoms with Crippen LogP contribution >= 0.6 is 15.9 Å². The Morgan fingerprint density at radius 1 is 1.53 bits per heavy atom. The predicted octanol–water partition coefficient (Wildman–Crippen LogP) is 2.32. The second-order valence-corrected chi connectivity index (χ2v) is 5.02. The Balaban J connectivity index is 2.46. The standard InChI is InChI=1S/C12H11BrN2O2/c1-6-8(13)5-14-10-7-3-2-4-17-11(7)12(16)15-9(6)10/h5H,2-4H2,1H3,(H,15,16). The van der Waals surface area contributed by atoms with Gasteiger partial charge in [0.15, 0.2) is 5.75 Å². The molecule has 0 amide bonds. The summed E-state index contributed by atoms with van der Waals surface area (Å²) in [6.07, 6.45) is 3.55. The minimum absolute atomic E-state index is 0.157. The fraction of sp³-hybridized carbons (Fsp3) is 0.333. The summed E-state index contributed by atoms with van der Waals surface area (Å²) in [6.45, 7) is 2.57. The molecule has 2 aromatic rings. The zero-order valence-corrected chi connectivity index (χ0v) is 10.9. The summed E-state index contributed by atoms with van der Waals surface area (Å²) in [4.78, 5) is 19.2. The average Bonchev–Trinajstić information content (AvgIpc) is 2.35. The molecule has 17 heavy (non-hydrogen) atoms. The highest BCUT2D eigenvalue weighted by atomic mass is 79.9. The van der Waals surface area contributed by atoms with Crippen molar-refractivity contribution in [3.8, 4) is 5.75 Å². The molecule has 0 radical (unpaired) electrons. The molecule has 0 saturated heterocycles. The summed E-state index contributed by atoms with van der Waals surface area (Å²) in [7, 11) is 0. The highest BCUT2D eigenvalue weighted by Gasteiger charge is 2.19. The van der Waals surface area contributed by atoms with Crippen molar-refractivity contribution in [2.45, 2.75) is 19.8 Å². The van der Waals surface area contributed by atoms with Gasteiger partial charge in [0.2, 0.25) is 0 Å². The first-order valence-corrected chi connectivity index (χ1v) is 6.30. The Kier molecular flexibility index (Phi) is 2.43. The number of aryl methyl sites for hydroxylation is 2. The van der Waals surface area contributed by atoms with Crippen LogP contribution in [0, 0.1) is 6.92 Å². The van der Waals surface area contributed by atoms with Gasteiger partial charge in [0.25, 0.3) is 5.56 Å². The predicted molar refractivity (Wildman–Crippen MR) is 68.6 cm³/mol. The molecule has 0 unspecified atom stereocenters. The van der Waals surface area contributed by atoms with E-state index in [-0.39, 0.29) is 5.56 Å². The lowest BCUT2D eigenvalue weighted by molar-refractivity contribution is 0.285. The number of ether oxygens (including phenoxy) is 1. The number of nitrogens with one attached hydrogen (secondary N) is 1. The minimum Gasteiger partial charge on any atom is -0.488 e. The third-order valence-corrected chi connectivity index (χ3v) is 3.90. The largest absolute Gasteiger partial charge is 0.488 e. The van der Waals surface area contributed by atoms with Crippen LogP contribution in [0.2, 0.25) is 0 Å². The van der Waals surface area contributed by atoms with Gasteiger partial charge in [0.05, 0.1) is 17.6 Å². The summed E-state index contributed by atoms with van der Waals surface area (Å²) >= 11 is 3.42. The van der Waals surface area contributed by atoms with Crippen LogP contribution in [0.4, 0.5) is 0 Å². The van der Waals surface area contributed by atoms with Crippen molar-refractivity contribution in [1.29, 1.82) is 0 Å². The topological polar surface area (TPSA) is 55.0 Å². The Morgan fingerprint density at radius 3 is 3.18 bits per heavy atom. The van der Waals surface area contributed by atoms with E-state index in [0.29, 0.717) is 12.4 Å². The van der Waals surface area contributed by atoms with Crippen molar-refractivity contribution in [2.75, 3.05) is 6.61 Å². The SMILES string of the molecule is Cc1c(Br)cnc2c3c(c(=O)[nH]c12)OCCC3. The van der Waals surface area contributed by atoms with Crippen molar-refractivity contribution in [1.82, 2.24) is 9.97 Å². The van der Waals surface area contributed by atoms with Gasteiger partial charge in [-0.05, 0) is 41.3 Å². The maximum atomic E-state index is 11.9. The molecule has 0 saturated carbocycles. The van der Waals surface area contributed by atoms with Gasteiger partial charge in [-0.3, -0.25) is 9.78 Å². The third-order valence-electron chi connectivity index (χ3n) is 3.10. The van der Waals surface area contributed by atoms with E-state index in [1.54, 1.807) is 6.20 Å². The number of hydrogen-bond donors (Lipinski definition) is 1. The van der Waals surface area contributed by atoms with Crippen LogP contribution in [-0.2, 0) is 6.42 Å². The fourth-order valence-electron chi connectivity index (χ4n) is 2.18. The van der Waals surface area contributed by atoms with Gasteiger partial charge in [-0.1, -0.05) is 0 Å². The van der Waals surface area contributed by atoms with Gasteiger partial charge in [-0.2, -0.15) is 0 Å². The summed E-state index contributed by atoms with van der Waals surface area (Å²) < 4.78 is 6.34. The Labute approximate surface area is 106 Å². The van der Waals surface area contributed by atoms with E-state index in [4.69, 9.17) is 4.74 Å². The van der Waals surface area contributed by atoms with Gasteiger partial charge in [0, 0.05) is 16.2 Å². The highest BCUT2D eigenvalue weighted by molar-refractivity contribution is 9.10. The van der Waals surface area contributed by atoms with Gasteiger partial charge in [-0.25, -0.2) is 0 Å². The molecule has 4 nitrogen and oxygen atoms in total. The first-order chi connectivity index (χ1) is 8.18. The van der Waals surface area contributed by atoms with E-state index >= 15 is 0 Å². The third kappa shape index (κ3) is 1.57. The lowest BCUT2D eigenvalue weighted by Gasteiger charge is -2.18. The second kappa shape index (κ2) is 3.84.